The minimum Gasteiger partial charge on any atom is -0.350 e. The van der Waals surface area contributed by atoms with Crippen LogP contribution >= 0.6 is 0 Å². The molecule has 0 spiro atoms. The third-order valence-corrected chi connectivity index (χ3v) is 3.36. The Balaban J connectivity index is 2.13. The molecule has 20 heavy (non-hydrogen) atoms. The Kier molecular flexibility index (Phi) is 4.54. The molecule has 0 radical (unpaired) electrons. The monoisotopic (exact) mass is 271 g/mol. The quantitative estimate of drug-likeness (QED) is 0.909. The largest absolute Gasteiger partial charge is 0.350 e. The minimum atomic E-state index is -0.287. The fraction of sp³-hybridized carbons (Fsp3) is 0.312. The van der Waals surface area contributed by atoms with E-state index in [0.29, 0.717) is 17.7 Å². The van der Waals surface area contributed by atoms with E-state index in [1.54, 1.807) is 6.07 Å². The summed E-state index contributed by atoms with van der Waals surface area (Å²) in [6.45, 7) is 2.48. The molecule has 1 heterocycles. The predicted molar refractivity (Wildman–Crippen MR) is 76.6 cm³/mol. The number of aromatic nitrogens is 1. The van der Waals surface area contributed by atoms with Gasteiger partial charge in [0, 0.05) is 30.5 Å². The first kappa shape index (κ1) is 14.3. The van der Waals surface area contributed by atoms with Crippen molar-refractivity contribution in [3.8, 4) is 6.07 Å². The first-order chi connectivity index (χ1) is 9.62. The number of nitriles is 1. The van der Waals surface area contributed by atoms with E-state index in [4.69, 9.17) is 11.0 Å². The maximum atomic E-state index is 13.7. The average Bonchev–Trinajstić information content (AvgIpc) is 2.88. The zero-order chi connectivity index (χ0) is 14.5. The molecule has 3 nitrogen and oxygen atoms in total. The van der Waals surface area contributed by atoms with Gasteiger partial charge in [-0.2, -0.15) is 5.26 Å². The van der Waals surface area contributed by atoms with Crippen LogP contribution in [-0.2, 0) is 13.0 Å². The molecule has 1 aromatic heterocycles. The van der Waals surface area contributed by atoms with Crippen molar-refractivity contribution in [3.05, 3.63) is 59.2 Å². The summed E-state index contributed by atoms with van der Waals surface area (Å²) >= 11 is 0. The zero-order valence-electron chi connectivity index (χ0n) is 11.5. The molecule has 0 saturated heterocycles. The molecule has 1 unspecified atom stereocenters. The SMILES string of the molecule is CCC(N)Cc1ccn(Cc2cc(C#N)ccc2F)c1. The van der Waals surface area contributed by atoms with E-state index in [0.717, 1.165) is 18.4 Å². The average molecular weight is 271 g/mol. The van der Waals surface area contributed by atoms with Gasteiger partial charge in [-0.05, 0) is 42.7 Å². The summed E-state index contributed by atoms with van der Waals surface area (Å²) in [5, 5.41) is 8.86. The number of hydrogen-bond acceptors (Lipinski definition) is 2. The summed E-state index contributed by atoms with van der Waals surface area (Å²) in [4.78, 5) is 0. The smallest absolute Gasteiger partial charge is 0.128 e. The second kappa shape index (κ2) is 6.36. The summed E-state index contributed by atoms with van der Waals surface area (Å²) < 4.78 is 15.6. The van der Waals surface area contributed by atoms with Crippen molar-refractivity contribution in [2.24, 2.45) is 5.73 Å². The molecule has 2 aromatic rings. The van der Waals surface area contributed by atoms with Gasteiger partial charge in [0.05, 0.1) is 11.6 Å². The summed E-state index contributed by atoms with van der Waals surface area (Å²) in [6.07, 6.45) is 5.65. The normalized spacial score (nSPS) is 12.1. The van der Waals surface area contributed by atoms with Gasteiger partial charge in [-0.1, -0.05) is 6.92 Å². The highest BCUT2D eigenvalue weighted by atomic mass is 19.1. The molecule has 4 heteroatoms. The molecule has 0 bridgehead atoms. The van der Waals surface area contributed by atoms with E-state index in [1.165, 1.54) is 12.1 Å². The highest BCUT2D eigenvalue weighted by Gasteiger charge is 2.07. The Bertz CT molecular complexity index is 625. The van der Waals surface area contributed by atoms with Crippen LogP contribution in [0.4, 0.5) is 4.39 Å². The van der Waals surface area contributed by atoms with Gasteiger partial charge < -0.3 is 10.3 Å². The van der Waals surface area contributed by atoms with Crippen LogP contribution in [0.5, 0.6) is 0 Å². The maximum absolute atomic E-state index is 13.7. The van der Waals surface area contributed by atoms with Crippen molar-refractivity contribution in [2.45, 2.75) is 32.4 Å². The van der Waals surface area contributed by atoms with Crippen LogP contribution in [0.2, 0.25) is 0 Å². The fourth-order valence-corrected chi connectivity index (χ4v) is 2.12. The van der Waals surface area contributed by atoms with E-state index in [-0.39, 0.29) is 11.9 Å². The van der Waals surface area contributed by atoms with Gasteiger partial charge in [0.1, 0.15) is 5.82 Å². The Labute approximate surface area is 118 Å². The fourth-order valence-electron chi connectivity index (χ4n) is 2.12. The predicted octanol–water partition coefficient (Wildman–Crippen LogP) is 2.83. The van der Waals surface area contributed by atoms with E-state index < -0.39 is 0 Å². The van der Waals surface area contributed by atoms with Gasteiger partial charge in [0.15, 0.2) is 0 Å². The molecule has 0 amide bonds. The van der Waals surface area contributed by atoms with Crippen molar-refractivity contribution >= 4 is 0 Å². The third-order valence-electron chi connectivity index (χ3n) is 3.36. The van der Waals surface area contributed by atoms with Gasteiger partial charge in [0.2, 0.25) is 0 Å². The molecule has 2 N–H and O–H groups in total. The van der Waals surface area contributed by atoms with Crippen LogP contribution in [-0.4, -0.2) is 10.6 Å². The van der Waals surface area contributed by atoms with Crippen molar-refractivity contribution in [1.29, 1.82) is 5.26 Å². The van der Waals surface area contributed by atoms with Crippen LogP contribution in [0.15, 0.2) is 36.7 Å². The molecule has 1 aromatic carbocycles. The minimum absolute atomic E-state index is 0.157. The van der Waals surface area contributed by atoms with Crippen molar-refractivity contribution in [2.75, 3.05) is 0 Å². The number of hydrogen-bond donors (Lipinski definition) is 1. The second-order valence-electron chi connectivity index (χ2n) is 4.98. The van der Waals surface area contributed by atoms with Gasteiger partial charge in [-0.25, -0.2) is 4.39 Å². The van der Waals surface area contributed by atoms with Crippen LogP contribution in [0, 0.1) is 17.1 Å². The Morgan fingerprint density at radius 3 is 2.90 bits per heavy atom. The Morgan fingerprint density at radius 2 is 2.20 bits per heavy atom. The number of rotatable bonds is 5. The van der Waals surface area contributed by atoms with Gasteiger partial charge in [-0.3, -0.25) is 0 Å². The molecular weight excluding hydrogens is 253 g/mol. The third kappa shape index (κ3) is 3.46. The molecule has 0 fully saturated rings. The van der Waals surface area contributed by atoms with Gasteiger partial charge >= 0.3 is 0 Å². The topological polar surface area (TPSA) is 54.7 Å². The van der Waals surface area contributed by atoms with Crippen molar-refractivity contribution in [3.63, 3.8) is 0 Å². The van der Waals surface area contributed by atoms with Crippen LogP contribution in [0.3, 0.4) is 0 Å². The van der Waals surface area contributed by atoms with E-state index >= 15 is 0 Å². The maximum Gasteiger partial charge on any atom is 0.128 e. The zero-order valence-corrected chi connectivity index (χ0v) is 11.5. The lowest BCUT2D eigenvalue weighted by molar-refractivity contribution is 0.599. The van der Waals surface area contributed by atoms with Crippen LogP contribution in [0.1, 0.15) is 30.0 Å². The van der Waals surface area contributed by atoms with Gasteiger partial charge in [-0.15, -0.1) is 0 Å². The molecule has 0 aliphatic carbocycles. The Morgan fingerprint density at radius 1 is 1.40 bits per heavy atom. The summed E-state index contributed by atoms with van der Waals surface area (Å²) in [5.74, 6) is -0.287. The molecule has 1 atom stereocenters. The molecule has 0 aliphatic rings. The lowest BCUT2D eigenvalue weighted by atomic mass is 10.1. The molecule has 2 rings (SSSR count). The first-order valence-corrected chi connectivity index (χ1v) is 6.71. The second-order valence-corrected chi connectivity index (χ2v) is 4.98. The van der Waals surface area contributed by atoms with Crippen LogP contribution < -0.4 is 5.73 Å². The molecular formula is C16H18FN3. The van der Waals surface area contributed by atoms with Crippen molar-refractivity contribution < 1.29 is 4.39 Å². The molecule has 104 valence electrons. The highest BCUT2D eigenvalue weighted by Crippen LogP contribution is 2.13. The Hall–Kier alpha value is -2.12. The summed E-state index contributed by atoms with van der Waals surface area (Å²) in [7, 11) is 0. The standard InChI is InChI=1S/C16H18FN3/c1-2-15(19)8-13-5-6-20(10-13)11-14-7-12(9-18)3-4-16(14)17/h3-7,10,15H,2,8,11,19H2,1H3. The number of halogens is 1. The summed E-state index contributed by atoms with van der Waals surface area (Å²) in [5.41, 5.74) is 8.07. The number of nitrogens with zero attached hydrogens (tertiary/aromatic N) is 2. The van der Waals surface area contributed by atoms with E-state index in [2.05, 4.69) is 6.92 Å². The van der Waals surface area contributed by atoms with E-state index in [1.807, 2.05) is 29.1 Å². The van der Waals surface area contributed by atoms with Crippen molar-refractivity contribution in [1.82, 2.24) is 4.57 Å². The van der Waals surface area contributed by atoms with E-state index in [9.17, 15) is 4.39 Å². The number of benzene rings is 1. The first-order valence-electron chi connectivity index (χ1n) is 6.71. The lowest BCUT2D eigenvalue weighted by Gasteiger charge is -2.07. The molecule has 0 saturated carbocycles. The highest BCUT2D eigenvalue weighted by molar-refractivity contribution is 5.34. The summed E-state index contributed by atoms with van der Waals surface area (Å²) in [6, 6.07) is 8.60. The molecule has 0 aliphatic heterocycles. The number of nitrogens with two attached hydrogens (primary N) is 1. The van der Waals surface area contributed by atoms with Crippen LogP contribution in [0.25, 0.3) is 0 Å². The lowest BCUT2D eigenvalue weighted by Crippen LogP contribution is -2.21. The van der Waals surface area contributed by atoms with Gasteiger partial charge in [0.25, 0.3) is 0 Å².